The molecule has 7 nitrogen and oxygen atoms in total. The zero-order chi connectivity index (χ0) is 15.9. The van der Waals surface area contributed by atoms with E-state index >= 15 is 0 Å². The van der Waals surface area contributed by atoms with Crippen LogP contribution in [0.5, 0.6) is 0 Å². The highest BCUT2D eigenvalue weighted by Gasteiger charge is 2.31. The zero-order valence-corrected chi connectivity index (χ0v) is 13.3. The van der Waals surface area contributed by atoms with Gasteiger partial charge in [-0.25, -0.2) is 4.79 Å². The summed E-state index contributed by atoms with van der Waals surface area (Å²) >= 11 is 0. The number of carbonyl (C=O) groups is 1. The highest BCUT2D eigenvalue weighted by Crippen LogP contribution is 2.21. The van der Waals surface area contributed by atoms with Crippen molar-refractivity contribution in [2.24, 2.45) is 5.92 Å². The first-order valence-electron chi connectivity index (χ1n) is 8.26. The van der Waals surface area contributed by atoms with E-state index in [2.05, 4.69) is 15.5 Å². The number of nitrogens with zero attached hydrogens (tertiary/aromatic N) is 1. The second-order valence-electron chi connectivity index (χ2n) is 5.98. The van der Waals surface area contributed by atoms with E-state index in [9.17, 15) is 4.79 Å². The summed E-state index contributed by atoms with van der Waals surface area (Å²) < 4.78 is 16.2. The van der Waals surface area contributed by atoms with Crippen molar-refractivity contribution in [2.45, 2.75) is 19.0 Å². The van der Waals surface area contributed by atoms with Crippen LogP contribution in [-0.4, -0.2) is 63.0 Å². The lowest BCUT2D eigenvalue weighted by molar-refractivity contribution is 0.00212. The molecule has 0 spiro atoms. The van der Waals surface area contributed by atoms with E-state index in [1.165, 1.54) is 0 Å². The highest BCUT2D eigenvalue weighted by atomic mass is 16.5. The Hall–Kier alpha value is -1.57. The first-order chi connectivity index (χ1) is 11.3. The Morgan fingerprint density at radius 3 is 2.83 bits per heavy atom. The van der Waals surface area contributed by atoms with E-state index in [-0.39, 0.29) is 6.03 Å². The normalized spacial score (nSPS) is 23.6. The van der Waals surface area contributed by atoms with E-state index in [1.54, 1.807) is 6.26 Å². The molecule has 0 bridgehead atoms. The molecule has 0 saturated carbocycles. The SMILES string of the molecule is O=C(NCc1ccco1)NCC(C1CCOC1)N1CCOCC1. The van der Waals surface area contributed by atoms with Gasteiger partial charge in [0, 0.05) is 38.2 Å². The number of carbonyl (C=O) groups excluding carboxylic acids is 1. The number of hydrogen-bond acceptors (Lipinski definition) is 5. The van der Waals surface area contributed by atoms with Crippen LogP contribution in [0, 0.1) is 5.92 Å². The Bertz CT molecular complexity index is 468. The van der Waals surface area contributed by atoms with Crippen LogP contribution in [0.4, 0.5) is 4.79 Å². The van der Waals surface area contributed by atoms with Gasteiger partial charge in [-0.2, -0.15) is 0 Å². The molecular weight excluding hydrogens is 298 g/mol. The molecule has 1 aromatic heterocycles. The maximum atomic E-state index is 12.0. The van der Waals surface area contributed by atoms with Gasteiger partial charge >= 0.3 is 6.03 Å². The molecule has 128 valence electrons. The molecule has 2 saturated heterocycles. The van der Waals surface area contributed by atoms with Crippen LogP contribution in [-0.2, 0) is 16.0 Å². The first-order valence-corrected chi connectivity index (χ1v) is 8.26. The number of nitrogens with one attached hydrogen (secondary N) is 2. The summed E-state index contributed by atoms with van der Waals surface area (Å²) in [7, 11) is 0. The molecule has 2 fully saturated rings. The fraction of sp³-hybridized carbons (Fsp3) is 0.688. The standard InChI is InChI=1S/C16H25N3O4/c20-16(17-10-14-2-1-6-23-14)18-11-15(13-3-7-22-12-13)19-4-8-21-9-5-19/h1-2,6,13,15H,3-5,7-12H2,(H2,17,18,20). The molecule has 2 atom stereocenters. The van der Waals surface area contributed by atoms with Crippen molar-refractivity contribution in [2.75, 3.05) is 46.1 Å². The van der Waals surface area contributed by atoms with Gasteiger partial charge in [-0.15, -0.1) is 0 Å². The summed E-state index contributed by atoms with van der Waals surface area (Å²) in [5.41, 5.74) is 0. The van der Waals surface area contributed by atoms with Gasteiger partial charge in [0.15, 0.2) is 0 Å². The van der Waals surface area contributed by atoms with Crippen LogP contribution in [0.25, 0.3) is 0 Å². The van der Waals surface area contributed by atoms with E-state index in [0.717, 1.165) is 51.7 Å². The van der Waals surface area contributed by atoms with E-state index in [1.807, 2.05) is 12.1 Å². The molecule has 3 rings (SSSR count). The molecule has 0 aliphatic carbocycles. The number of morpholine rings is 1. The van der Waals surface area contributed by atoms with Gasteiger partial charge in [-0.3, -0.25) is 4.90 Å². The molecular formula is C16H25N3O4. The number of urea groups is 1. The van der Waals surface area contributed by atoms with Crippen LogP contribution in [0.3, 0.4) is 0 Å². The number of rotatable bonds is 6. The van der Waals surface area contributed by atoms with Crippen molar-refractivity contribution in [3.05, 3.63) is 24.2 Å². The quantitative estimate of drug-likeness (QED) is 0.810. The number of amides is 2. The van der Waals surface area contributed by atoms with Gasteiger partial charge in [0.1, 0.15) is 5.76 Å². The lowest BCUT2D eigenvalue weighted by Gasteiger charge is -2.37. The third kappa shape index (κ3) is 4.70. The molecule has 23 heavy (non-hydrogen) atoms. The van der Waals surface area contributed by atoms with Crippen LogP contribution < -0.4 is 10.6 Å². The molecule has 7 heteroatoms. The largest absolute Gasteiger partial charge is 0.467 e. The topological polar surface area (TPSA) is 76.0 Å². The molecule has 0 aromatic carbocycles. The van der Waals surface area contributed by atoms with Gasteiger partial charge in [-0.05, 0) is 18.6 Å². The summed E-state index contributed by atoms with van der Waals surface area (Å²) in [6.07, 6.45) is 2.65. The molecule has 3 heterocycles. The lowest BCUT2D eigenvalue weighted by atomic mass is 9.97. The summed E-state index contributed by atoms with van der Waals surface area (Å²) in [5.74, 6) is 1.22. The average molecular weight is 323 g/mol. The van der Waals surface area contributed by atoms with E-state index in [4.69, 9.17) is 13.9 Å². The highest BCUT2D eigenvalue weighted by molar-refractivity contribution is 5.73. The Balaban J connectivity index is 1.47. The Labute approximate surface area is 136 Å². The number of ether oxygens (including phenoxy) is 2. The molecule has 2 unspecified atom stereocenters. The van der Waals surface area contributed by atoms with Gasteiger partial charge in [0.25, 0.3) is 0 Å². The average Bonchev–Trinajstić information content (AvgIpc) is 3.28. The van der Waals surface area contributed by atoms with Gasteiger partial charge in [0.05, 0.1) is 32.6 Å². The Morgan fingerprint density at radius 2 is 2.13 bits per heavy atom. The molecule has 2 aliphatic heterocycles. The van der Waals surface area contributed by atoms with Crippen molar-refractivity contribution in [1.82, 2.24) is 15.5 Å². The first kappa shape index (κ1) is 16.3. The summed E-state index contributed by atoms with van der Waals surface area (Å²) in [6, 6.07) is 3.78. The predicted molar refractivity (Wildman–Crippen MR) is 84.1 cm³/mol. The van der Waals surface area contributed by atoms with Gasteiger partial charge in [-0.1, -0.05) is 0 Å². The fourth-order valence-corrected chi connectivity index (χ4v) is 3.20. The van der Waals surface area contributed by atoms with E-state index < -0.39 is 0 Å². The Kier molecular flexibility index (Phi) is 5.90. The van der Waals surface area contributed by atoms with Crippen molar-refractivity contribution in [1.29, 1.82) is 0 Å². The predicted octanol–water partition coefficient (Wildman–Crippen LogP) is 0.816. The summed E-state index contributed by atoms with van der Waals surface area (Å²) in [6.45, 7) is 5.96. The zero-order valence-electron chi connectivity index (χ0n) is 13.3. The van der Waals surface area contributed by atoms with E-state index in [0.29, 0.717) is 25.0 Å². The van der Waals surface area contributed by atoms with Crippen molar-refractivity contribution in [3.63, 3.8) is 0 Å². The van der Waals surface area contributed by atoms with Gasteiger partial charge < -0.3 is 24.5 Å². The third-order valence-electron chi connectivity index (χ3n) is 4.50. The second-order valence-corrected chi connectivity index (χ2v) is 5.98. The van der Waals surface area contributed by atoms with Crippen LogP contribution >= 0.6 is 0 Å². The van der Waals surface area contributed by atoms with Crippen LogP contribution in [0.2, 0.25) is 0 Å². The minimum atomic E-state index is -0.168. The molecule has 1 aromatic rings. The summed E-state index contributed by atoms with van der Waals surface area (Å²) in [5, 5.41) is 5.81. The van der Waals surface area contributed by atoms with Crippen molar-refractivity contribution >= 4 is 6.03 Å². The molecule has 2 aliphatic rings. The monoisotopic (exact) mass is 323 g/mol. The number of furan rings is 1. The van der Waals surface area contributed by atoms with Crippen LogP contribution in [0.1, 0.15) is 12.2 Å². The van der Waals surface area contributed by atoms with Crippen molar-refractivity contribution in [3.8, 4) is 0 Å². The minimum Gasteiger partial charge on any atom is -0.467 e. The lowest BCUT2D eigenvalue weighted by Crippen LogP contribution is -2.53. The van der Waals surface area contributed by atoms with Crippen molar-refractivity contribution < 1.29 is 18.7 Å². The Morgan fingerprint density at radius 1 is 1.26 bits per heavy atom. The number of hydrogen-bond donors (Lipinski definition) is 2. The van der Waals surface area contributed by atoms with Crippen LogP contribution in [0.15, 0.2) is 22.8 Å². The minimum absolute atomic E-state index is 0.168. The summed E-state index contributed by atoms with van der Waals surface area (Å²) in [4.78, 5) is 14.4. The third-order valence-corrected chi connectivity index (χ3v) is 4.50. The smallest absolute Gasteiger partial charge is 0.315 e. The molecule has 2 N–H and O–H groups in total. The van der Waals surface area contributed by atoms with Gasteiger partial charge in [0.2, 0.25) is 0 Å². The maximum Gasteiger partial charge on any atom is 0.315 e. The second kappa shape index (κ2) is 8.33. The fourth-order valence-electron chi connectivity index (χ4n) is 3.20. The molecule has 0 radical (unpaired) electrons. The maximum absolute atomic E-state index is 12.0. The molecule has 2 amide bonds.